The molecule has 0 aliphatic carbocycles. The minimum absolute atomic E-state index is 0.194. The quantitative estimate of drug-likeness (QED) is 0.590. The molecule has 0 spiro atoms. The Kier molecular flexibility index (Phi) is 6.71. The first-order chi connectivity index (χ1) is 15.5. The summed E-state index contributed by atoms with van der Waals surface area (Å²) in [6.45, 7) is 1.11. The molecule has 3 aromatic carbocycles. The van der Waals surface area contributed by atoms with Crippen molar-refractivity contribution in [2.45, 2.75) is 31.7 Å². The van der Waals surface area contributed by atoms with Crippen molar-refractivity contribution in [1.82, 2.24) is 4.90 Å². The summed E-state index contributed by atoms with van der Waals surface area (Å²) in [5, 5.41) is 11.1. The van der Waals surface area contributed by atoms with Gasteiger partial charge in [-0.05, 0) is 36.1 Å². The minimum Gasteiger partial charge on any atom is -0.489 e. The summed E-state index contributed by atoms with van der Waals surface area (Å²) in [6.07, 6.45) is 0.0319. The maximum Gasteiger partial charge on any atom is 0.410 e. The van der Waals surface area contributed by atoms with Gasteiger partial charge in [0, 0.05) is 24.7 Å². The van der Waals surface area contributed by atoms with E-state index in [2.05, 4.69) is 0 Å². The Labute approximate surface area is 187 Å². The molecular formula is C26H26FNO4. The fourth-order valence-electron chi connectivity index (χ4n) is 3.84. The van der Waals surface area contributed by atoms with E-state index >= 15 is 0 Å². The van der Waals surface area contributed by atoms with Gasteiger partial charge in [0.15, 0.2) is 0 Å². The van der Waals surface area contributed by atoms with Crippen LogP contribution < -0.4 is 4.74 Å². The van der Waals surface area contributed by atoms with Crippen molar-refractivity contribution in [3.8, 4) is 5.75 Å². The van der Waals surface area contributed by atoms with Gasteiger partial charge < -0.3 is 19.5 Å². The number of ether oxygens (including phenoxy) is 2. The molecule has 1 amide bonds. The van der Waals surface area contributed by atoms with E-state index in [9.17, 15) is 14.3 Å². The van der Waals surface area contributed by atoms with Gasteiger partial charge >= 0.3 is 6.09 Å². The van der Waals surface area contributed by atoms with Gasteiger partial charge in [0.05, 0.1) is 5.60 Å². The van der Waals surface area contributed by atoms with Crippen LogP contribution in [0.15, 0.2) is 78.9 Å². The van der Waals surface area contributed by atoms with Crippen LogP contribution in [0.4, 0.5) is 9.18 Å². The van der Waals surface area contributed by atoms with Crippen LogP contribution in [0.25, 0.3) is 0 Å². The summed E-state index contributed by atoms with van der Waals surface area (Å²) >= 11 is 0. The molecule has 0 unspecified atom stereocenters. The second-order valence-electron chi connectivity index (χ2n) is 7.97. The van der Waals surface area contributed by atoms with Crippen molar-refractivity contribution in [2.75, 3.05) is 13.1 Å². The molecule has 1 fully saturated rings. The van der Waals surface area contributed by atoms with Crippen molar-refractivity contribution in [3.63, 3.8) is 0 Å². The molecule has 3 aromatic rings. The Bertz CT molecular complexity index is 1030. The highest BCUT2D eigenvalue weighted by Crippen LogP contribution is 2.36. The topological polar surface area (TPSA) is 59.0 Å². The number of hydrogen-bond acceptors (Lipinski definition) is 4. The standard InChI is InChI=1S/C26H26FNO4/c27-24-17-22(31-18-20-7-3-1-4-8-20)11-12-23(24)26(30)13-15-28(16-14-26)25(29)32-19-21-9-5-2-6-10-21/h1-12,17,30H,13-16,18-19H2. The lowest BCUT2D eigenvalue weighted by atomic mass is 9.84. The van der Waals surface area contributed by atoms with Crippen molar-refractivity contribution in [1.29, 1.82) is 0 Å². The molecule has 4 rings (SSSR count). The Morgan fingerprint density at radius 2 is 1.50 bits per heavy atom. The van der Waals surface area contributed by atoms with Crippen molar-refractivity contribution in [2.24, 2.45) is 0 Å². The van der Waals surface area contributed by atoms with E-state index in [1.165, 1.54) is 6.07 Å². The molecule has 1 saturated heterocycles. The SMILES string of the molecule is O=C(OCc1ccccc1)N1CCC(O)(c2ccc(OCc3ccccc3)cc2F)CC1. The second-order valence-corrected chi connectivity index (χ2v) is 7.97. The highest BCUT2D eigenvalue weighted by molar-refractivity contribution is 5.67. The Morgan fingerprint density at radius 1 is 0.906 bits per heavy atom. The number of piperidine rings is 1. The van der Waals surface area contributed by atoms with E-state index in [1.54, 1.807) is 17.0 Å². The average Bonchev–Trinajstić information content (AvgIpc) is 2.83. The van der Waals surface area contributed by atoms with Crippen LogP contribution in [0.1, 0.15) is 29.5 Å². The number of amides is 1. The summed E-state index contributed by atoms with van der Waals surface area (Å²) in [5.41, 5.74) is 0.785. The number of halogens is 1. The van der Waals surface area contributed by atoms with Gasteiger partial charge in [-0.25, -0.2) is 9.18 Å². The van der Waals surface area contributed by atoms with Crippen LogP contribution in [0.5, 0.6) is 5.75 Å². The highest BCUT2D eigenvalue weighted by Gasteiger charge is 2.37. The van der Waals surface area contributed by atoms with Crippen molar-refractivity contribution in [3.05, 3.63) is 101 Å². The van der Waals surface area contributed by atoms with Crippen LogP contribution in [0.3, 0.4) is 0 Å². The molecule has 0 atom stereocenters. The average molecular weight is 435 g/mol. The van der Waals surface area contributed by atoms with Gasteiger partial charge in [-0.1, -0.05) is 60.7 Å². The monoisotopic (exact) mass is 435 g/mol. The number of aliphatic hydroxyl groups is 1. The van der Waals surface area contributed by atoms with Crippen LogP contribution >= 0.6 is 0 Å². The van der Waals surface area contributed by atoms with Crippen molar-refractivity contribution >= 4 is 6.09 Å². The summed E-state index contributed by atoms with van der Waals surface area (Å²) in [4.78, 5) is 13.9. The van der Waals surface area contributed by atoms with E-state index in [0.29, 0.717) is 12.4 Å². The highest BCUT2D eigenvalue weighted by atomic mass is 19.1. The summed E-state index contributed by atoms with van der Waals surface area (Å²) < 4.78 is 25.9. The third kappa shape index (κ3) is 5.26. The van der Waals surface area contributed by atoms with E-state index in [0.717, 1.165) is 11.1 Å². The Balaban J connectivity index is 1.32. The molecule has 0 aromatic heterocycles. The molecule has 1 aliphatic rings. The normalized spacial score (nSPS) is 15.2. The van der Waals surface area contributed by atoms with Crippen LogP contribution in [0.2, 0.25) is 0 Å². The summed E-state index contributed by atoms with van der Waals surface area (Å²) in [6, 6.07) is 23.6. The first kappa shape index (κ1) is 21.8. The largest absolute Gasteiger partial charge is 0.489 e. The fraction of sp³-hybridized carbons (Fsp3) is 0.269. The van der Waals surface area contributed by atoms with Crippen molar-refractivity contribution < 1.29 is 23.8 Å². The Hall–Kier alpha value is -3.38. The molecule has 1 aliphatic heterocycles. The van der Waals surface area contributed by atoms with Crippen LogP contribution in [-0.2, 0) is 23.6 Å². The van der Waals surface area contributed by atoms with Crippen LogP contribution in [0, 0.1) is 5.82 Å². The fourth-order valence-corrected chi connectivity index (χ4v) is 3.84. The maximum absolute atomic E-state index is 14.8. The number of likely N-dealkylation sites (tertiary alicyclic amines) is 1. The molecular weight excluding hydrogens is 409 g/mol. The smallest absolute Gasteiger partial charge is 0.410 e. The third-order valence-corrected chi connectivity index (χ3v) is 5.74. The molecule has 0 radical (unpaired) electrons. The lowest BCUT2D eigenvalue weighted by Crippen LogP contribution is -2.45. The van der Waals surface area contributed by atoms with Gasteiger partial charge in [0.1, 0.15) is 24.8 Å². The van der Waals surface area contributed by atoms with Gasteiger partial charge in [0.2, 0.25) is 0 Å². The molecule has 1 N–H and O–H groups in total. The molecule has 1 heterocycles. The number of carbonyl (C=O) groups is 1. The number of hydrogen-bond donors (Lipinski definition) is 1. The zero-order chi connectivity index (χ0) is 22.4. The summed E-state index contributed by atoms with van der Waals surface area (Å²) in [5.74, 6) is -0.112. The molecule has 5 nitrogen and oxygen atoms in total. The first-order valence-electron chi connectivity index (χ1n) is 10.7. The predicted molar refractivity (Wildman–Crippen MR) is 119 cm³/mol. The predicted octanol–water partition coefficient (Wildman–Crippen LogP) is 5.02. The molecule has 0 saturated carbocycles. The first-order valence-corrected chi connectivity index (χ1v) is 10.7. The summed E-state index contributed by atoms with van der Waals surface area (Å²) in [7, 11) is 0. The van der Waals surface area contributed by atoms with E-state index in [4.69, 9.17) is 9.47 Å². The lowest BCUT2D eigenvalue weighted by molar-refractivity contribution is -0.0279. The number of benzene rings is 3. The van der Waals surface area contributed by atoms with E-state index in [1.807, 2.05) is 60.7 Å². The minimum atomic E-state index is -1.34. The second kappa shape index (κ2) is 9.83. The molecule has 32 heavy (non-hydrogen) atoms. The molecule has 6 heteroatoms. The lowest BCUT2D eigenvalue weighted by Gasteiger charge is -2.38. The molecule has 0 bridgehead atoms. The third-order valence-electron chi connectivity index (χ3n) is 5.74. The number of nitrogens with zero attached hydrogens (tertiary/aromatic N) is 1. The van der Waals surface area contributed by atoms with E-state index in [-0.39, 0.29) is 38.1 Å². The van der Waals surface area contributed by atoms with Gasteiger partial charge in [-0.15, -0.1) is 0 Å². The zero-order valence-electron chi connectivity index (χ0n) is 17.7. The number of carbonyl (C=O) groups excluding carboxylic acids is 1. The number of rotatable bonds is 6. The van der Waals surface area contributed by atoms with E-state index < -0.39 is 17.5 Å². The molecule has 166 valence electrons. The van der Waals surface area contributed by atoms with Gasteiger partial charge in [0.25, 0.3) is 0 Å². The van der Waals surface area contributed by atoms with Crippen LogP contribution in [-0.4, -0.2) is 29.2 Å². The zero-order valence-corrected chi connectivity index (χ0v) is 17.7. The van der Waals surface area contributed by atoms with Gasteiger partial charge in [-0.3, -0.25) is 0 Å². The van der Waals surface area contributed by atoms with Gasteiger partial charge in [-0.2, -0.15) is 0 Å². The maximum atomic E-state index is 14.8. The Morgan fingerprint density at radius 3 is 2.09 bits per heavy atom.